The molecule has 0 aliphatic carbocycles. The van der Waals surface area contributed by atoms with E-state index in [1.165, 1.54) is 0 Å². The summed E-state index contributed by atoms with van der Waals surface area (Å²) in [5.41, 5.74) is 0. The lowest BCUT2D eigenvalue weighted by Crippen LogP contribution is -2.37. The van der Waals surface area contributed by atoms with E-state index < -0.39 is 9.84 Å². The van der Waals surface area contributed by atoms with Crippen LogP contribution in [0.1, 0.15) is 19.3 Å². The fourth-order valence-electron chi connectivity index (χ4n) is 2.50. The van der Waals surface area contributed by atoms with Gasteiger partial charge in [-0.25, -0.2) is 8.42 Å². The number of nitrogens with one attached hydrogen (secondary N) is 2. The van der Waals surface area contributed by atoms with E-state index in [1.807, 2.05) is 0 Å². The Bertz CT molecular complexity index is 404. The van der Waals surface area contributed by atoms with Gasteiger partial charge in [-0.1, -0.05) is 0 Å². The van der Waals surface area contributed by atoms with Gasteiger partial charge in [0.05, 0.1) is 17.6 Å². The third-order valence-corrected chi connectivity index (χ3v) is 5.49. The number of piperidine rings is 1. The molecule has 1 unspecified atom stereocenters. The van der Waals surface area contributed by atoms with E-state index in [-0.39, 0.29) is 36.0 Å². The molecule has 7 heteroatoms. The minimum atomic E-state index is -2.86. The standard InChI is InChI=1S/C12H22N2O4S/c15-12(8-18-11-1-4-13-5-2-11)14-7-10-3-6-19(16,17)9-10/h10-11,13H,1-9H2,(H,14,15). The molecule has 0 bridgehead atoms. The fraction of sp³-hybridized carbons (Fsp3) is 0.917. The Morgan fingerprint density at radius 2 is 2.00 bits per heavy atom. The SMILES string of the molecule is O=C(COC1CCNCC1)NCC1CCS(=O)(=O)C1. The summed E-state index contributed by atoms with van der Waals surface area (Å²) in [5.74, 6) is 0.359. The zero-order valence-corrected chi connectivity index (χ0v) is 11.9. The Morgan fingerprint density at radius 1 is 1.26 bits per heavy atom. The molecule has 0 radical (unpaired) electrons. The molecular formula is C12H22N2O4S. The van der Waals surface area contributed by atoms with Gasteiger partial charge in [0, 0.05) is 6.54 Å². The third kappa shape index (κ3) is 5.08. The number of sulfone groups is 1. The predicted octanol–water partition coefficient (Wildman–Crippen LogP) is -0.694. The first kappa shape index (κ1) is 14.7. The van der Waals surface area contributed by atoms with Crippen molar-refractivity contribution in [2.24, 2.45) is 5.92 Å². The Hall–Kier alpha value is -0.660. The molecule has 2 aliphatic heterocycles. The Kier molecular flexibility index (Phi) is 5.18. The van der Waals surface area contributed by atoms with Crippen molar-refractivity contribution in [2.45, 2.75) is 25.4 Å². The quantitative estimate of drug-likeness (QED) is 0.700. The summed E-state index contributed by atoms with van der Waals surface area (Å²) in [6.45, 7) is 2.39. The average Bonchev–Trinajstić information content (AvgIpc) is 2.75. The highest BCUT2D eigenvalue weighted by atomic mass is 32.2. The van der Waals surface area contributed by atoms with E-state index in [0.717, 1.165) is 25.9 Å². The normalized spacial score (nSPS) is 27.3. The molecule has 2 aliphatic rings. The number of hydrogen-bond acceptors (Lipinski definition) is 5. The summed E-state index contributed by atoms with van der Waals surface area (Å²) in [7, 11) is -2.86. The van der Waals surface area contributed by atoms with E-state index in [0.29, 0.717) is 13.0 Å². The lowest BCUT2D eigenvalue weighted by Gasteiger charge is -2.22. The summed E-state index contributed by atoms with van der Waals surface area (Å²) < 4.78 is 28.1. The topological polar surface area (TPSA) is 84.5 Å². The van der Waals surface area contributed by atoms with Crippen LogP contribution < -0.4 is 10.6 Å². The van der Waals surface area contributed by atoms with Gasteiger partial charge in [-0.05, 0) is 38.3 Å². The van der Waals surface area contributed by atoms with Crippen molar-refractivity contribution in [3.63, 3.8) is 0 Å². The van der Waals surface area contributed by atoms with Gasteiger partial charge in [0.15, 0.2) is 9.84 Å². The van der Waals surface area contributed by atoms with Crippen LogP contribution >= 0.6 is 0 Å². The van der Waals surface area contributed by atoms with Crippen molar-refractivity contribution in [2.75, 3.05) is 37.7 Å². The van der Waals surface area contributed by atoms with Crippen molar-refractivity contribution < 1.29 is 17.9 Å². The van der Waals surface area contributed by atoms with Gasteiger partial charge in [-0.15, -0.1) is 0 Å². The van der Waals surface area contributed by atoms with Crippen molar-refractivity contribution in [1.29, 1.82) is 0 Å². The molecule has 0 saturated carbocycles. The maximum atomic E-state index is 11.6. The molecule has 6 nitrogen and oxygen atoms in total. The molecule has 0 aromatic carbocycles. The third-order valence-electron chi connectivity index (χ3n) is 3.65. The van der Waals surface area contributed by atoms with Crippen LogP contribution in [0, 0.1) is 5.92 Å². The molecular weight excluding hydrogens is 268 g/mol. The van der Waals surface area contributed by atoms with Gasteiger partial charge >= 0.3 is 0 Å². The molecule has 0 aromatic rings. The van der Waals surface area contributed by atoms with Crippen LogP contribution in [0.25, 0.3) is 0 Å². The van der Waals surface area contributed by atoms with Gasteiger partial charge in [0.2, 0.25) is 5.91 Å². The molecule has 1 atom stereocenters. The van der Waals surface area contributed by atoms with Crippen LogP contribution in [0.3, 0.4) is 0 Å². The second kappa shape index (κ2) is 6.67. The van der Waals surface area contributed by atoms with Crippen LogP contribution in [0.4, 0.5) is 0 Å². The summed E-state index contributed by atoms with van der Waals surface area (Å²) in [4.78, 5) is 11.6. The molecule has 2 fully saturated rings. The summed E-state index contributed by atoms with van der Waals surface area (Å²) in [6.07, 6.45) is 2.69. The summed E-state index contributed by atoms with van der Waals surface area (Å²) in [5, 5.41) is 5.99. The second-order valence-corrected chi connectivity index (χ2v) is 7.56. The van der Waals surface area contributed by atoms with Crippen LogP contribution in [0.15, 0.2) is 0 Å². The Labute approximate surface area is 114 Å². The number of carbonyl (C=O) groups is 1. The monoisotopic (exact) mass is 290 g/mol. The smallest absolute Gasteiger partial charge is 0.246 e. The number of ether oxygens (including phenoxy) is 1. The molecule has 110 valence electrons. The maximum absolute atomic E-state index is 11.6. The second-order valence-electron chi connectivity index (χ2n) is 5.33. The van der Waals surface area contributed by atoms with Gasteiger partial charge in [0.25, 0.3) is 0 Å². The van der Waals surface area contributed by atoms with Gasteiger partial charge in [-0.2, -0.15) is 0 Å². The Morgan fingerprint density at radius 3 is 2.63 bits per heavy atom. The first-order valence-corrected chi connectivity index (χ1v) is 8.67. The summed E-state index contributed by atoms with van der Waals surface area (Å²) in [6, 6.07) is 0. The molecule has 0 spiro atoms. The predicted molar refractivity (Wildman–Crippen MR) is 71.6 cm³/mol. The van der Waals surface area contributed by atoms with Crippen LogP contribution in [-0.2, 0) is 19.4 Å². The minimum Gasteiger partial charge on any atom is -0.368 e. The van der Waals surface area contributed by atoms with E-state index in [2.05, 4.69) is 10.6 Å². The number of hydrogen-bond donors (Lipinski definition) is 2. The summed E-state index contributed by atoms with van der Waals surface area (Å²) >= 11 is 0. The highest BCUT2D eigenvalue weighted by Gasteiger charge is 2.27. The van der Waals surface area contributed by atoms with E-state index in [4.69, 9.17) is 4.74 Å². The van der Waals surface area contributed by atoms with Gasteiger partial charge < -0.3 is 15.4 Å². The van der Waals surface area contributed by atoms with Gasteiger partial charge in [-0.3, -0.25) is 4.79 Å². The Balaban J connectivity index is 1.59. The van der Waals surface area contributed by atoms with E-state index in [9.17, 15) is 13.2 Å². The molecule has 19 heavy (non-hydrogen) atoms. The molecule has 2 heterocycles. The number of carbonyl (C=O) groups excluding carboxylic acids is 1. The maximum Gasteiger partial charge on any atom is 0.246 e. The first-order chi connectivity index (χ1) is 9.05. The number of amides is 1. The highest BCUT2D eigenvalue weighted by molar-refractivity contribution is 7.91. The molecule has 0 aromatic heterocycles. The minimum absolute atomic E-state index is 0.0628. The number of rotatable bonds is 5. The molecule has 1 amide bonds. The molecule has 2 N–H and O–H groups in total. The van der Waals surface area contributed by atoms with Crippen LogP contribution in [-0.4, -0.2) is 58.2 Å². The van der Waals surface area contributed by atoms with Crippen LogP contribution in [0.5, 0.6) is 0 Å². The average molecular weight is 290 g/mol. The van der Waals surface area contributed by atoms with Crippen molar-refractivity contribution in [3.8, 4) is 0 Å². The fourth-order valence-corrected chi connectivity index (χ4v) is 4.36. The van der Waals surface area contributed by atoms with E-state index in [1.54, 1.807) is 0 Å². The van der Waals surface area contributed by atoms with E-state index >= 15 is 0 Å². The lowest BCUT2D eigenvalue weighted by atomic mass is 10.1. The van der Waals surface area contributed by atoms with Crippen molar-refractivity contribution in [1.82, 2.24) is 10.6 Å². The lowest BCUT2D eigenvalue weighted by molar-refractivity contribution is -0.128. The largest absolute Gasteiger partial charge is 0.368 e. The van der Waals surface area contributed by atoms with Crippen molar-refractivity contribution in [3.05, 3.63) is 0 Å². The first-order valence-electron chi connectivity index (χ1n) is 6.84. The highest BCUT2D eigenvalue weighted by Crippen LogP contribution is 2.17. The van der Waals surface area contributed by atoms with Gasteiger partial charge in [0.1, 0.15) is 6.61 Å². The molecule has 2 rings (SSSR count). The molecule has 2 saturated heterocycles. The van der Waals surface area contributed by atoms with Crippen molar-refractivity contribution >= 4 is 15.7 Å². The zero-order chi connectivity index (χ0) is 13.7. The van der Waals surface area contributed by atoms with Crippen LogP contribution in [0.2, 0.25) is 0 Å². The zero-order valence-electron chi connectivity index (χ0n) is 11.1.